The Bertz CT molecular complexity index is 631. The molecule has 0 bridgehead atoms. The lowest BCUT2D eigenvalue weighted by Gasteiger charge is -2.33. The van der Waals surface area contributed by atoms with Crippen molar-refractivity contribution in [1.29, 1.82) is 0 Å². The normalized spacial score (nSPS) is 19.8. The van der Waals surface area contributed by atoms with Crippen molar-refractivity contribution in [2.45, 2.75) is 43.5 Å². The number of likely N-dealkylation sites (tertiary alicyclic amines) is 1. The van der Waals surface area contributed by atoms with Crippen LogP contribution in [0.25, 0.3) is 0 Å². The van der Waals surface area contributed by atoms with E-state index in [0.717, 1.165) is 13.1 Å². The molecule has 7 heteroatoms. The van der Waals surface area contributed by atoms with Crippen LogP contribution in [0.4, 0.5) is 5.69 Å². The maximum absolute atomic E-state index is 12.0. The van der Waals surface area contributed by atoms with Gasteiger partial charge in [0.2, 0.25) is 15.9 Å². The molecule has 0 saturated carbocycles. The van der Waals surface area contributed by atoms with Gasteiger partial charge in [0.25, 0.3) is 0 Å². The number of benzene rings is 1. The molecular formula is C15H23N3O3S. The van der Waals surface area contributed by atoms with Gasteiger partial charge in [-0.3, -0.25) is 4.79 Å². The molecule has 3 N–H and O–H groups in total. The molecule has 1 amide bonds. The first-order chi connectivity index (χ1) is 10.4. The van der Waals surface area contributed by atoms with Crippen LogP contribution in [0.2, 0.25) is 0 Å². The standard InChI is InChI=1S/C15H23N3O3S/c1-12-5-2-3-9-18(12)10-8-15(19)17-13-6-4-7-14(11-13)22(16,20)21/h4,6-7,11-12H,2-3,5,8-10H2,1H3,(H,17,19)(H2,16,20,21). The highest BCUT2D eigenvalue weighted by Gasteiger charge is 2.18. The third-order valence-electron chi connectivity index (χ3n) is 4.01. The largest absolute Gasteiger partial charge is 0.326 e. The van der Waals surface area contributed by atoms with E-state index in [-0.39, 0.29) is 10.8 Å². The predicted molar refractivity (Wildman–Crippen MR) is 85.9 cm³/mol. The zero-order chi connectivity index (χ0) is 16.2. The molecule has 0 aromatic heterocycles. The van der Waals surface area contributed by atoms with Crippen LogP contribution in [0.3, 0.4) is 0 Å². The molecule has 1 heterocycles. The molecule has 1 fully saturated rings. The summed E-state index contributed by atoms with van der Waals surface area (Å²) in [7, 11) is -3.76. The Labute approximate surface area is 131 Å². The Balaban J connectivity index is 1.89. The van der Waals surface area contributed by atoms with E-state index in [1.165, 1.54) is 31.4 Å². The highest BCUT2D eigenvalue weighted by atomic mass is 32.2. The molecule has 1 aliphatic rings. The number of sulfonamides is 1. The highest BCUT2D eigenvalue weighted by molar-refractivity contribution is 7.89. The summed E-state index contributed by atoms with van der Waals surface area (Å²) in [6.45, 7) is 3.95. The number of amides is 1. The van der Waals surface area contributed by atoms with Crippen LogP contribution in [0.1, 0.15) is 32.6 Å². The summed E-state index contributed by atoms with van der Waals surface area (Å²) >= 11 is 0. The first-order valence-corrected chi connectivity index (χ1v) is 9.07. The summed E-state index contributed by atoms with van der Waals surface area (Å²) in [6, 6.07) is 6.50. The van der Waals surface area contributed by atoms with Crippen LogP contribution in [0.5, 0.6) is 0 Å². The van der Waals surface area contributed by atoms with E-state index < -0.39 is 10.0 Å². The van der Waals surface area contributed by atoms with Crippen LogP contribution in [-0.2, 0) is 14.8 Å². The lowest BCUT2D eigenvalue weighted by Crippen LogP contribution is -2.39. The van der Waals surface area contributed by atoms with Gasteiger partial charge in [-0.05, 0) is 44.5 Å². The van der Waals surface area contributed by atoms with Crippen molar-refractivity contribution in [3.8, 4) is 0 Å². The molecule has 22 heavy (non-hydrogen) atoms. The predicted octanol–water partition coefficient (Wildman–Crippen LogP) is 1.54. The van der Waals surface area contributed by atoms with Crippen LogP contribution >= 0.6 is 0 Å². The zero-order valence-corrected chi connectivity index (χ0v) is 13.6. The molecule has 1 aromatic carbocycles. The number of nitrogens with zero attached hydrogens (tertiary/aromatic N) is 1. The molecule has 0 spiro atoms. The van der Waals surface area contributed by atoms with Crippen molar-refractivity contribution in [3.05, 3.63) is 24.3 Å². The van der Waals surface area contributed by atoms with Crippen LogP contribution in [0.15, 0.2) is 29.2 Å². The van der Waals surface area contributed by atoms with E-state index in [1.807, 2.05) is 0 Å². The average molecular weight is 325 g/mol. The van der Waals surface area contributed by atoms with Crippen molar-refractivity contribution >= 4 is 21.6 Å². The van der Waals surface area contributed by atoms with E-state index in [1.54, 1.807) is 12.1 Å². The minimum absolute atomic E-state index is 0.00467. The summed E-state index contributed by atoms with van der Waals surface area (Å²) in [4.78, 5) is 14.3. The minimum atomic E-state index is -3.76. The second kappa shape index (κ2) is 7.21. The van der Waals surface area contributed by atoms with Gasteiger partial charge in [0.15, 0.2) is 0 Å². The fourth-order valence-electron chi connectivity index (χ4n) is 2.71. The number of nitrogens with two attached hydrogens (primary N) is 1. The van der Waals surface area contributed by atoms with E-state index in [0.29, 0.717) is 18.2 Å². The van der Waals surface area contributed by atoms with Gasteiger partial charge >= 0.3 is 0 Å². The third kappa shape index (κ3) is 4.79. The summed E-state index contributed by atoms with van der Waals surface area (Å²) in [5, 5.41) is 7.80. The average Bonchev–Trinajstić information content (AvgIpc) is 2.46. The highest BCUT2D eigenvalue weighted by Crippen LogP contribution is 2.17. The monoisotopic (exact) mass is 325 g/mol. The molecule has 2 rings (SSSR count). The van der Waals surface area contributed by atoms with E-state index >= 15 is 0 Å². The summed E-state index contributed by atoms with van der Waals surface area (Å²) in [6.07, 6.45) is 4.01. The summed E-state index contributed by atoms with van der Waals surface area (Å²) < 4.78 is 22.6. The Morgan fingerprint density at radius 3 is 2.86 bits per heavy atom. The minimum Gasteiger partial charge on any atom is -0.326 e. The van der Waals surface area contributed by atoms with Gasteiger partial charge in [0.05, 0.1) is 4.90 Å². The maximum atomic E-state index is 12.0. The van der Waals surface area contributed by atoms with Crippen molar-refractivity contribution in [2.75, 3.05) is 18.4 Å². The van der Waals surface area contributed by atoms with Gasteiger partial charge in [-0.25, -0.2) is 13.6 Å². The quantitative estimate of drug-likeness (QED) is 0.859. The van der Waals surface area contributed by atoms with Crippen molar-refractivity contribution in [1.82, 2.24) is 4.90 Å². The number of primary sulfonamides is 1. The lowest BCUT2D eigenvalue weighted by molar-refractivity contribution is -0.116. The van der Waals surface area contributed by atoms with Crippen LogP contribution in [0, 0.1) is 0 Å². The molecule has 1 aromatic rings. The number of piperidine rings is 1. The smallest absolute Gasteiger partial charge is 0.238 e. The Hall–Kier alpha value is -1.44. The number of carbonyl (C=O) groups is 1. The van der Waals surface area contributed by atoms with Gasteiger partial charge in [0, 0.05) is 24.7 Å². The Kier molecular flexibility index (Phi) is 5.55. The molecule has 0 radical (unpaired) electrons. The Morgan fingerprint density at radius 2 is 2.18 bits per heavy atom. The van der Waals surface area contributed by atoms with Crippen molar-refractivity contribution in [3.63, 3.8) is 0 Å². The number of hydrogen-bond acceptors (Lipinski definition) is 4. The van der Waals surface area contributed by atoms with Crippen LogP contribution in [-0.4, -0.2) is 38.4 Å². The molecular weight excluding hydrogens is 302 g/mol. The molecule has 1 aliphatic heterocycles. The third-order valence-corrected chi connectivity index (χ3v) is 4.92. The van der Waals surface area contributed by atoms with Crippen molar-refractivity contribution in [2.24, 2.45) is 5.14 Å². The van der Waals surface area contributed by atoms with Gasteiger partial charge in [-0.2, -0.15) is 0 Å². The fraction of sp³-hybridized carbons (Fsp3) is 0.533. The molecule has 0 aliphatic carbocycles. The van der Waals surface area contributed by atoms with Gasteiger partial charge in [0.1, 0.15) is 0 Å². The molecule has 1 atom stereocenters. The topological polar surface area (TPSA) is 92.5 Å². The summed E-state index contributed by atoms with van der Waals surface area (Å²) in [5.41, 5.74) is 0.447. The second-order valence-corrected chi connectivity index (χ2v) is 7.31. The van der Waals surface area contributed by atoms with E-state index in [2.05, 4.69) is 17.1 Å². The number of hydrogen-bond donors (Lipinski definition) is 2. The summed E-state index contributed by atoms with van der Waals surface area (Å²) in [5.74, 6) is -0.121. The lowest BCUT2D eigenvalue weighted by atomic mass is 10.0. The number of anilines is 1. The molecule has 1 saturated heterocycles. The number of rotatable bonds is 5. The van der Waals surface area contributed by atoms with Crippen molar-refractivity contribution < 1.29 is 13.2 Å². The number of carbonyl (C=O) groups excluding carboxylic acids is 1. The van der Waals surface area contributed by atoms with Gasteiger partial charge in [-0.1, -0.05) is 12.5 Å². The van der Waals surface area contributed by atoms with E-state index in [9.17, 15) is 13.2 Å². The fourth-order valence-corrected chi connectivity index (χ4v) is 3.27. The molecule has 6 nitrogen and oxygen atoms in total. The second-order valence-electron chi connectivity index (χ2n) is 5.75. The van der Waals surface area contributed by atoms with Gasteiger partial charge in [-0.15, -0.1) is 0 Å². The Morgan fingerprint density at radius 1 is 1.41 bits per heavy atom. The van der Waals surface area contributed by atoms with Gasteiger partial charge < -0.3 is 10.2 Å². The van der Waals surface area contributed by atoms with Crippen LogP contribution < -0.4 is 10.5 Å². The zero-order valence-electron chi connectivity index (χ0n) is 12.8. The molecule has 1 unspecified atom stereocenters. The molecule has 122 valence electrons. The first kappa shape index (κ1) is 16.9. The maximum Gasteiger partial charge on any atom is 0.238 e. The SMILES string of the molecule is CC1CCCCN1CCC(=O)Nc1cccc(S(N)(=O)=O)c1. The number of nitrogens with one attached hydrogen (secondary N) is 1. The van der Waals surface area contributed by atoms with E-state index in [4.69, 9.17) is 5.14 Å². The first-order valence-electron chi connectivity index (χ1n) is 7.53.